The van der Waals surface area contributed by atoms with Crippen LogP contribution in [0.1, 0.15) is 37.9 Å². The van der Waals surface area contributed by atoms with Gasteiger partial charge in [0, 0.05) is 33.1 Å². The van der Waals surface area contributed by atoms with Crippen molar-refractivity contribution >= 4 is 6.03 Å². The van der Waals surface area contributed by atoms with Crippen molar-refractivity contribution in [3.63, 3.8) is 0 Å². The van der Waals surface area contributed by atoms with Crippen LogP contribution >= 0.6 is 0 Å². The highest BCUT2D eigenvalue weighted by Crippen LogP contribution is 2.33. The number of hydrogen-bond acceptors (Lipinski definition) is 3. The molecule has 0 bridgehead atoms. The summed E-state index contributed by atoms with van der Waals surface area (Å²) in [6.45, 7) is 3.89. The molecule has 0 aromatic heterocycles. The molecule has 1 atom stereocenters. The molecular formula is C23H28F2N2O3. The average Bonchev–Trinajstić information content (AvgIpc) is 3.26. The molecule has 1 fully saturated rings. The van der Waals surface area contributed by atoms with E-state index in [1.807, 2.05) is 18.2 Å². The molecule has 30 heavy (non-hydrogen) atoms. The fourth-order valence-electron chi connectivity index (χ4n) is 3.79. The molecule has 2 heterocycles. The molecule has 1 unspecified atom stereocenters. The highest BCUT2D eigenvalue weighted by atomic mass is 19.3. The number of fused-ring (bicyclic) bond motifs is 1. The van der Waals surface area contributed by atoms with E-state index in [1.165, 1.54) is 24.6 Å². The second kappa shape index (κ2) is 8.60. The summed E-state index contributed by atoms with van der Waals surface area (Å²) in [5.74, 6) is -1.72. The molecule has 1 saturated heterocycles. The first-order valence-corrected chi connectivity index (χ1v) is 10.4. The van der Waals surface area contributed by atoms with Gasteiger partial charge in [-0.15, -0.1) is 0 Å². The Morgan fingerprint density at radius 2 is 2.00 bits per heavy atom. The molecule has 2 amide bonds. The van der Waals surface area contributed by atoms with E-state index in [2.05, 4.69) is 5.32 Å². The summed E-state index contributed by atoms with van der Waals surface area (Å²) in [5, 5.41) is 3.03. The summed E-state index contributed by atoms with van der Waals surface area (Å²) in [6.07, 6.45) is 1.39. The molecule has 4 rings (SSSR count). The Morgan fingerprint density at radius 1 is 1.23 bits per heavy atom. The van der Waals surface area contributed by atoms with E-state index in [9.17, 15) is 13.6 Å². The molecule has 5 nitrogen and oxygen atoms in total. The molecule has 0 aliphatic carbocycles. The summed E-state index contributed by atoms with van der Waals surface area (Å²) < 4.78 is 38.7. The number of urea groups is 1. The third-order valence-electron chi connectivity index (χ3n) is 5.69. The zero-order chi connectivity index (χ0) is 21.1. The lowest BCUT2D eigenvalue weighted by atomic mass is 9.99. The standard InChI is InChI=1S/C23H26F2N2O3.H2/c1-2-23(24,25)18-4-7-20(8-5-18)30-21-6-3-16-9-11-27(14-17(16)13-21)22(28)26-19-10-12-29-15-19;/h3-8,13,19H,2,9-12,14-15H2,1H3,(H,26,28);1H. The number of nitrogens with zero attached hydrogens (tertiary/aromatic N) is 1. The average molecular weight is 418 g/mol. The minimum absolute atomic E-state index is 0. The molecule has 162 valence electrons. The molecule has 0 spiro atoms. The SMILES string of the molecule is CCC(F)(F)c1ccc(Oc2ccc3c(c2)CN(C(=O)NC2CCOC2)CC3)cc1.[HH]. The van der Waals surface area contributed by atoms with E-state index in [-0.39, 0.29) is 25.5 Å². The number of alkyl halides is 2. The van der Waals surface area contributed by atoms with Crippen LogP contribution in [0.3, 0.4) is 0 Å². The summed E-state index contributed by atoms with van der Waals surface area (Å²) in [4.78, 5) is 14.3. The van der Waals surface area contributed by atoms with Crippen molar-refractivity contribution < 1.29 is 24.5 Å². The Morgan fingerprint density at radius 3 is 2.70 bits per heavy atom. The van der Waals surface area contributed by atoms with Crippen LogP contribution in [-0.4, -0.2) is 36.7 Å². The Balaban J connectivity index is 0.00000272. The zero-order valence-corrected chi connectivity index (χ0v) is 17.0. The van der Waals surface area contributed by atoms with Crippen molar-refractivity contribution in [1.29, 1.82) is 0 Å². The van der Waals surface area contributed by atoms with Gasteiger partial charge in [-0.05, 0) is 60.4 Å². The van der Waals surface area contributed by atoms with Crippen LogP contribution in [0, 0.1) is 0 Å². The molecule has 2 aliphatic heterocycles. The normalized spacial score (nSPS) is 18.8. The predicted octanol–water partition coefficient (Wildman–Crippen LogP) is 5.08. The number of carbonyl (C=O) groups is 1. The van der Waals surface area contributed by atoms with Gasteiger partial charge in [0.15, 0.2) is 0 Å². The number of hydrogen-bond donors (Lipinski definition) is 1. The Kier molecular flexibility index (Phi) is 5.90. The van der Waals surface area contributed by atoms with Crippen LogP contribution in [0.15, 0.2) is 42.5 Å². The third kappa shape index (κ3) is 4.56. The van der Waals surface area contributed by atoms with Gasteiger partial charge < -0.3 is 19.7 Å². The first kappa shape index (κ1) is 20.6. The first-order chi connectivity index (χ1) is 14.4. The molecule has 7 heteroatoms. The number of amides is 2. The summed E-state index contributed by atoms with van der Waals surface area (Å²) >= 11 is 0. The van der Waals surface area contributed by atoms with Gasteiger partial charge in [-0.2, -0.15) is 0 Å². The van der Waals surface area contributed by atoms with Crippen LogP contribution in [0.2, 0.25) is 0 Å². The Hall–Kier alpha value is -2.67. The maximum atomic E-state index is 13.8. The highest BCUT2D eigenvalue weighted by molar-refractivity contribution is 5.75. The molecule has 0 saturated carbocycles. The lowest BCUT2D eigenvalue weighted by molar-refractivity contribution is -0.00830. The topological polar surface area (TPSA) is 50.8 Å². The number of benzene rings is 2. The maximum absolute atomic E-state index is 13.8. The predicted molar refractivity (Wildman–Crippen MR) is 111 cm³/mol. The van der Waals surface area contributed by atoms with Gasteiger partial charge in [0.1, 0.15) is 11.5 Å². The van der Waals surface area contributed by atoms with Gasteiger partial charge in [0.2, 0.25) is 0 Å². The van der Waals surface area contributed by atoms with E-state index in [0.717, 1.165) is 18.4 Å². The second-order valence-electron chi connectivity index (χ2n) is 7.80. The zero-order valence-electron chi connectivity index (χ0n) is 17.0. The van der Waals surface area contributed by atoms with Crippen LogP contribution in [-0.2, 0) is 23.6 Å². The minimum Gasteiger partial charge on any atom is -0.457 e. The highest BCUT2D eigenvalue weighted by Gasteiger charge is 2.28. The first-order valence-electron chi connectivity index (χ1n) is 10.4. The van der Waals surface area contributed by atoms with Crippen molar-refractivity contribution in [1.82, 2.24) is 10.2 Å². The van der Waals surface area contributed by atoms with Gasteiger partial charge in [-0.3, -0.25) is 0 Å². The molecule has 2 aromatic carbocycles. The summed E-state index contributed by atoms with van der Waals surface area (Å²) in [7, 11) is 0. The van der Waals surface area contributed by atoms with Gasteiger partial charge in [0.05, 0.1) is 12.6 Å². The van der Waals surface area contributed by atoms with Gasteiger partial charge in [-0.1, -0.05) is 13.0 Å². The summed E-state index contributed by atoms with van der Waals surface area (Å²) in [5.41, 5.74) is 2.20. The van der Waals surface area contributed by atoms with Crippen LogP contribution < -0.4 is 10.1 Å². The van der Waals surface area contributed by atoms with Crippen molar-refractivity contribution in [3.8, 4) is 11.5 Å². The lowest BCUT2D eigenvalue weighted by Crippen LogP contribution is -2.46. The molecule has 2 aliphatic rings. The van der Waals surface area contributed by atoms with Crippen LogP contribution in [0.5, 0.6) is 11.5 Å². The number of ether oxygens (including phenoxy) is 2. The fourth-order valence-corrected chi connectivity index (χ4v) is 3.79. The van der Waals surface area contributed by atoms with Crippen LogP contribution in [0.4, 0.5) is 13.6 Å². The molecule has 2 aromatic rings. The van der Waals surface area contributed by atoms with Crippen molar-refractivity contribution in [3.05, 3.63) is 59.2 Å². The Labute approximate surface area is 176 Å². The Bertz CT molecular complexity index is 902. The van der Waals surface area contributed by atoms with Crippen molar-refractivity contribution in [2.75, 3.05) is 19.8 Å². The van der Waals surface area contributed by atoms with Gasteiger partial charge in [0.25, 0.3) is 5.92 Å². The van der Waals surface area contributed by atoms with E-state index in [0.29, 0.717) is 37.8 Å². The largest absolute Gasteiger partial charge is 0.457 e. The smallest absolute Gasteiger partial charge is 0.318 e. The monoisotopic (exact) mass is 418 g/mol. The lowest BCUT2D eigenvalue weighted by Gasteiger charge is -2.30. The van der Waals surface area contributed by atoms with Crippen LogP contribution in [0.25, 0.3) is 0 Å². The maximum Gasteiger partial charge on any atom is 0.318 e. The van der Waals surface area contributed by atoms with Gasteiger partial charge in [-0.25, -0.2) is 13.6 Å². The van der Waals surface area contributed by atoms with E-state index < -0.39 is 5.92 Å². The number of halogens is 2. The second-order valence-corrected chi connectivity index (χ2v) is 7.80. The van der Waals surface area contributed by atoms with E-state index >= 15 is 0 Å². The van der Waals surface area contributed by atoms with Crippen molar-refractivity contribution in [2.45, 2.75) is 44.7 Å². The minimum atomic E-state index is -2.83. The summed E-state index contributed by atoms with van der Waals surface area (Å²) in [6, 6.07) is 11.7. The van der Waals surface area contributed by atoms with Crippen molar-refractivity contribution in [2.24, 2.45) is 0 Å². The van der Waals surface area contributed by atoms with Gasteiger partial charge >= 0.3 is 6.03 Å². The molecule has 1 N–H and O–H groups in total. The number of carbonyl (C=O) groups excluding carboxylic acids is 1. The molecular weight excluding hydrogens is 390 g/mol. The quantitative estimate of drug-likeness (QED) is 0.736. The van der Waals surface area contributed by atoms with E-state index in [1.54, 1.807) is 17.0 Å². The number of rotatable bonds is 5. The third-order valence-corrected chi connectivity index (χ3v) is 5.69. The van der Waals surface area contributed by atoms with E-state index in [4.69, 9.17) is 9.47 Å². The number of nitrogens with one attached hydrogen (secondary N) is 1. The fraction of sp³-hybridized carbons (Fsp3) is 0.435. The molecule has 0 radical (unpaired) electrons.